The van der Waals surface area contributed by atoms with Crippen molar-refractivity contribution in [3.05, 3.63) is 23.2 Å². The molecule has 28 heavy (non-hydrogen) atoms. The van der Waals surface area contributed by atoms with Gasteiger partial charge in [-0.25, -0.2) is 4.99 Å². The number of H-pyrrole nitrogens is 1. The van der Waals surface area contributed by atoms with Gasteiger partial charge in [0.15, 0.2) is 5.82 Å². The number of nitrogens with two attached hydrogens (primary N) is 1. The lowest BCUT2D eigenvalue weighted by atomic mass is 9.80. The third-order valence-electron chi connectivity index (χ3n) is 5.51. The number of aliphatic imine (C=N–C) groups is 2. The fourth-order valence-corrected chi connectivity index (χ4v) is 3.69. The summed E-state index contributed by atoms with van der Waals surface area (Å²) in [4.78, 5) is 11.2. The van der Waals surface area contributed by atoms with Crippen molar-refractivity contribution in [1.82, 2.24) is 15.1 Å². The van der Waals surface area contributed by atoms with E-state index in [0.29, 0.717) is 34.5 Å². The number of ether oxygens (including phenoxy) is 1. The van der Waals surface area contributed by atoms with E-state index in [1.165, 1.54) is 0 Å². The maximum Gasteiger partial charge on any atom is 0.176 e. The standard InChI is InChI=1S/C20H27ClN6O/c1-13(27-10-8-20(2,12-22)9-11-27)24-19-18(23-3)17(25-26-19)14-6-5-7-15(28-4)16(14)21/h5-7H,3,8-12,22H2,1-2,4H3,(H,25,26)/b24-13+. The fraction of sp³-hybridized carbons (Fsp3) is 0.450. The number of likely N-dealkylation sites (tertiary alicyclic amines) is 1. The maximum atomic E-state index is 6.45. The van der Waals surface area contributed by atoms with E-state index in [1.54, 1.807) is 13.2 Å². The summed E-state index contributed by atoms with van der Waals surface area (Å²) >= 11 is 6.45. The predicted molar refractivity (Wildman–Crippen MR) is 116 cm³/mol. The van der Waals surface area contributed by atoms with E-state index in [2.05, 4.69) is 33.7 Å². The molecule has 7 nitrogen and oxygen atoms in total. The number of aromatic nitrogens is 2. The van der Waals surface area contributed by atoms with E-state index < -0.39 is 0 Å². The minimum absolute atomic E-state index is 0.217. The van der Waals surface area contributed by atoms with Crippen molar-refractivity contribution in [3.63, 3.8) is 0 Å². The highest BCUT2D eigenvalue weighted by atomic mass is 35.5. The first-order valence-corrected chi connectivity index (χ1v) is 9.68. The normalized spacial score (nSPS) is 16.9. The van der Waals surface area contributed by atoms with Crippen molar-refractivity contribution in [3.8, 4) is 17.0 Å². The number of rotatable bonds is 5. The Morgan fingerprint density at radius 2 is 2.14 bits per heavy atom. The molecule has 1 aliphatic heterocycles. The Hall–Kier alpha value is -2.38. The molecule has 3 rings (SSSR count). The van der Waals surface area contributed by atoms with Crippen LogP contribution in [0.4, 0.5) is 11.5 Å². The van der Waals surface area contributed by atoms with E-state index in [-0.39, 0.29) is 5.41 Å². The van der Waals surface area contributed by atoms with Gasteiger partial charge in [0.2, 0.25) is 0 Å². The van der Waals surface area contributed by atoms with Gasteiger partial charge in [0.05, 0.1) is 12.1 Å². The van der Waals surface area contributed by atoms with Crippen LogP contribution in [0.3, 0.4) is 0 Å². The van der Waals surface area contributed by atoms with E-state index in [4.69, 9.17) is 27.1 Å². The summed E-state index contributed by atoms with van der Waals surface area (Å²) < 4.78 is 5.30. The maximum absolute atomic E-state index is 6.45. The van der Waals surface area contributed by atoms with Gasteiger partial charge in [-0.15, -0.1) is 0 Å². The summed E-state index contributed by atoms with van der Waals surface area (Å²) in [7, 11) is 1.58. The van der Waals surface area contributed by atoms with E-state index in [0.717, 1.165) is 37.3 Å². The number of benzene rings is 1. The molecule has 0 aliphatic carbocycles. The van der Waals surface area contributed by atoms with Crippen molar-refractivity contribution in [1.29, 1.82) is 0 Å². The molecule has 0 atom stereocenters. The first-order chi connectivity index (χ1) is 13.4. The zero-order valence-corrected chi connectivity index (χ0v) is 17.4. The number of nitrogens with one attached hydrogen (secondary N) is 1. The topological polar surface area (TPSA) is 91.9 Å². The number of amidine groups is 1. The van der Waals surface area contributed by atoms with Gasteiger partial charge in [0.25, 0.3) is 0 Å². The second-order valence-electron chi connectivity index (χ2n) is 7.41. The molecule has 1 saturated heterocycles. The Balaban J connectivity index is 1.89. The molecule has 3 N–H and O–H groups in total. The Bertz CT molecular complexity index is 883. The molecule has 2 aromatic rings. The van der Waals surface area contributed by atoms with Crippen LogP contribution in [0, 0.1) is 5.41 Å². The number of nitrogens with zero attached hydrogens (tertiary/aromatic N) is 4. The van der Waals surface area contributed by atoms with E-state index in [1.807, 2.05) is 19.1 Å². The van der Waals surface area contributed by atoms with Crippen LogP contribution in [0.2, 0.25) is 5.02 Å². The van der Waals surface area contributed by atoms with Gasteiger partial charge < -0.3 is 15.4 Å². The zero-order chi connectivity index (χ0) is 20.3. The van der Waals surface area contributed by atoms with E-state index >= 15 is 0 Å². The Morgan fingerprint density at radius 3 is 2.75 bits per heavy atom. The molecule has 1 aromatic heterocycles. The molecule has 0 spiro atoms. The molecule has 1 fully saturated rings. The summed E-state index contributed by atoms with van der Waals surface area (Å²) in [5.74, 6) is 2.05. The molecule has 2 heterocycles. The average molecular weight is 403 g/mol. The summed E-state index contributed by atoms with van der Waals surface area (Å²) in [5.41, 5.74) is 8.01. The van der Waals surface area contributed by atoms with E-state index in [9.17, 15) is 0 Å². The number of piperidine rings is 1. The van der Waals surface area contributed by atoms with Crippen LogP contribution in [0.1, 0.15) is 26.7 Å². The van der Waals surface area contributed by atoms with Gasteiger partial charge in [-0.3, -0.25) is 10.1 Å². The van der Waals surface area contributed by atoms with Crippen LogP contribution in [0.25, 0.3) is 11.3 Å². The first-order valence-electron chi connectivity index (χ1n) is 9.30. The van der Waals surface area contributed by atoms with Gasteiger partial charge in [-0.2, -0.15) is 5.10 Å². The van der Waals surface area contributed by atoms with Crippen molar-refractivity contribution in [2.75, 3.05) is 26.7 Å². The molecule has 0 bridgehead atoms. The van der Waals surface area contributed by atoms with Crippen molar-refractivity contribution >= 4 is 35.7 Å². The number of methoxy groups -OCH3 is 1. The average Bonchev–Trinajstić information content (AvgIpc) is 3.10. The third-order valence-corrected chi connectivity index (χ3v) is 5.90. The molecule has 150 valence electrons. The number of aromatic amines is 1. The zero-order valence-electron chi connectivity index (χ0n) is 16.6. The van der Waals surface area contributed by atoms with Crippen molar-refractivity contribution in [2.24, 2.45) is 21.1 Å². The highest BCUT2D eigenvalue weighted by molar-refractivity contribution is 6.35. The van der Waals surface area contributed by atoms with Crippen LogP contribution >= 0.6 is 11.6 Å². The van der Waals surface area contributed by atoms with Gasteiger partial charge in [0.1, 0.15) is 23.0 Å². The molecule has 0 unspecified atom stereocenters. The highest BCUT2D eigenvalue weighted by Gasteiger charge is 2.29. The van der Waals surface area contributed by atoms with Crippen molar-refractivity contribution in [2.45, 2.75) is 26.7 Å². The van der Waals surface area contributed by atoms with Gasteiger partial charge >= 0.3 is 0 Å². The molecule has 0 amide bonds. The smallest absolute Gasteiger partial charge is 0.176 e. The Morgan fingerprint density at radius 1 is 1.43 bits per heavy atom. The van der Waals surface area contributed by atoms with Crippen molar-refractivity contribution < 1.29 is 4.74 Å². The highest BCUT2D eigenvalue weighted by Crippen LogP contribution is 2.42. The summed E-state index contributed by atoms with van der Waals surface area (Å²) in [5, 5.41) is 7.83. The summed E-state index contributed by atoms with van der Waals surface area (Å²) in [6.07, 6.45) is 2.10. The van der Waals surface area contributed by atoms with Gasteiger partial charge in [-0.1, -0.05) is 30.7 Å². The summed E-state index contributed by atoms with van der Waals surface area (Å²) in [6, 6.07) is 5.53. The lowest BCUT2D eigenvalue weighted by molar-refractivity contribution is 0.175. The third kappa shape index (κ3) is 3.91. The molecular formula is C20H27ClN6O. The second-order valence-corrected chi connectivity index (χ2v) is 7.79. The largest absolute Gasteiger partial charge is 0.495 e. The van der Waals surface area contributed by atoms with Crippen LogP contribution in [0.5, 0.6) is 5.75 Å². The summed E-state index contributed by atoms with van der Waals surface area (Å²) in [6.45, 7) is 10.5. The predicted octanol–water partition coefficient (Wildman–Crippen LogP) is 4.18. The molecule has 8 heteroatoms. The van der Waals surface area contributed by atoms with Gasteiger partial charge in [0, 0.05) is 18.7 Å². The second kappa shape index (κ2) is 8.32. The minimum Gasteiger partial charge on any atom is -0.495 e. The molecule has 0 radical (unpaired) electrons. The monoisotopic (exact) mass is 402 g/mol. The Kier molecular flexibility index (Phi) is 6.05. The van der Waals surface area contributed by atoms with Crippen LogP contribution in [-0.2, 0) is 0 Å². The number of hydrogen-bond acceptors (Lipinski definition) is 5. The molecule has 1 aromatic carbocycles. The fourth-order valence-electron chi connectivity index (χ4n) is 3.40. The molecule has 1 aliphatic rings. The first kappa shape index (κ1) is 20.4. The van der Waals surface area contributed by atoms with Crippen LogP contribution in [0.15, 0.2) is 28.2 Å². The SMILES string of the molecule is C=Nc1c(-c2cccc(OC)c2Cl)n[nH]c1/N=C(\C)N1CCC(C)(CN)CC1. The number of halogens is 1. The quantitative estimate of drug-likeness (QED) is 0.579. The Labute approximate surface area is 170 Å². The lowest BCUT2D eigenvalue weighted by Gasteiger charge is -2.39. The molecule has 0 saturated carbocycles. The van der Waals surface area contributed by atoms with Gasteiger partial charge in [-0.05, 0) is 44.5 Å². The minimum atomic E-state index is 0.217. The molecular weight excluding hydrogens is 376 g/mol. The van der Waals surface area contributed by atoms with Crippen LogP contribution in [-0.4, -0.2) is 54.4 Å². The van der Waals surface area contributed by atoms with Crippen LogP contribution < -0.4 is 10.5 Å². The number of hydrogen-bond donors (Lipinski definition) is 2. The lowest BCUT2D eigenvalue weighted by Crippen LogP contribution is -2.44.